The van der Waals surface area contributed by atoms with Gasteiger partial charge in [-0.1, -0.05) is 11.6 Å². The minimum absolute atomic E-state index is 0.548. The molecule has 1 aromatic heterocycles. The zero-order chi connectivity index (χ0) is 10.0. The summed E-state index contributed by atoms with van der Waals surface area (Å²) in [4.78, 5) is 3.08. The molecule has 1 aromatic rings. The second kappa shape index (κ2) is 3.62. The lowest BCUT2D eigenvalue weighted by Crippen LogP contribution is -1.97. The van der Waals surface area contributed by atoms with Crippen molar-refractivity contribution in [3.8, 4) is 6.07 Å². The SMILES string of the molecule is N#Cc1c(F)cnc(C(F)F)c1Cl. The van der Waals surface area contributed by atoms with E-state index in [1.54, 1.807) is 0 Å². The molecule has 0 aliphatic rings. The average Bonchev–Trinajstić information content (AvgIpc) is 2.04. The summed E-state index contributed by atoms with van der Waals surface area (Å²) < 4.78 is 36.9. The Hall–Kier alpha value is -1.28. The minimum atomic E-state index is -2.92. The summed E-state index contributed by atoms with van der Waals surface area (Å²) in [5, 5.41) is 7.73. The molecule has 0 saturated heterocycles. The number of hydrogen-bond donors (Lipinski definition) is 0. The Morgan fingerprint density at radius 3 is 2.62 bits per heavy atom. The molecule has 0 amide bonds. The maximum Gasteiger partial charge on any atom is 0.281 e. The highest BCUT2D eigenvalue weighted by atomic mass is 35.5. The van der Waals surface area contributed by atoms with Crippen LogP contribution in [0.25, 0.3) is 0 Å². The Morgan fingerprint density at radius 2 is 2.15 bits per heavy atom. The van der Waals surface area contributed by atoms with Crippen molar-refractivity contribution >= 4 is 11.6 Å². The van der Waals surface area contributed by atoms with Crippen LogP contribution in [-0.4, -0.2) is 4.98 Å². The summed E-state index contributed by atoms with van der Waals surface area (Å²) >= 11 is 5.30. The number of aromatic nitrogens is 1. The monoisotopic (exact) mass is 206 g/mol. The summed E-state index contributed by atoms with van der Waals surface area (Å²) in [6, 6.07) is 1.38. The Kier molecular flexibility index (Phi) is 2.73. The minimum Gasteiger partial charge on any atom is -0.251 e. The van der Waals surface area contributed by atoms with E-state index in [9.17, 15) is 13.2 Å². The van der Waals surface area contributed by atoms with Crippen molar-refractivity contribution in [3.05, 3.63) is 28.3 Å². The van der Waals surface area contributed by atoms with Gasteiger partial charge in [0.25, 0.3) is 6.43 Å². The molecule has 1 heterocycles. The molecule has 1 rings (SSSR count). The fraction of sp³-hybridized carbons (Fsp3) is 0.143. The molecule has 0 radical (unpaired) electrons. The van der Waals surface area contributed by atoms with E-state index in [1.807, 2.05) is 0 Å². The molecule has 0 aliphatic heterocycles. The van der Waals surface area contributed by atoms with Crippen molar-refractivity contribution in [2.24, 2.45) is 0 Å². The molecular formula is C7H2ClF3N2. The van der Waals surface area contributed by atoms with Gasteiger partial charge < -0.3 is 0 Å². The molecule has 0 spiro atoms. The molecule has 2 nitrogen and oxygen atoms in total. The van der Waals surface area contributed by atoms with Gasteiger partial charge in [0.05, 0.1) is 11.2 Å². The molecule has 6 heteroatoms. The first kappa shape index (κ1) is 9.81. The quantitative estimate of drug-likeness (QED) is 0.708. The lowest BCUT2D eigenvalue weighted by Gasteiger charge is -2.02. The van der Waals surface area contributed by atoms with E-state index in [-0.39, 0.29) is 0 Å². The van der Waals surface area contributed by atoms with Crippen LogP contribution in [0.15, 0.2) is 6.20 Å². The van der Waals surface area contributed by atoms with E-state index < -0.39 is 28.5 Å². The molecule has 13 heavy (non-hydrogen) atoms. The molecule has 0 N–H and O–H groups in total. The Labute approximate surface area is 76.6 Å². The van der Waals surface area contributed by atoms with Gasteiger partial charge in [0.2, 0.25) is 0 Å². The first-order valence-electron chi connectivity index (χ1n) is 3.10. The summed E-state index contributed by atoms with van der Waals surface area (Å²) in [6.45, 7) is 0. The van der Waals surface area contributed by atoms with E-state index in [0.717, 1.165) is 0 Å². The van der Waals surface area contributed by atoms with Crippen molar-refractivity contribution < 1.29 is 13.2 Å². The number of alkyl halides is 2. The fourth-order valence-corrected chi connectivity index (χ4v) is 0.999. The van der Waals surface area contributed by atoms with Crippen molar-refractivity contribution in [1.29, 1.82) is 5.26 Å². The number of halogens is 4. The molecule has 68 valence electrons. The maximum absolute atomic E-state index is 12.7. The summed E-state index contributed by atoms with van der Waals surface area (Å²) in [6.07, 6.45) is -2.37. The highest BCUT2D eigenvalue weighted by Gasteiger charge is 2.19. The second-order valence-electron chi connectivity index (χ2n) is 2.09. The van der Waals surface area contributed by atoms with Gasteiger partial charge in [0, 0.05) is 0 Å². The molecule has 0 aliphatic carbocycles. The van der Waals surface area contributed by atoms with Crippen molar-refractivity contribution in [2.75, 3.05) is 0 Å². The number of nitriles is 1. The second-order valence-corrected chi connectivity index (χ2v) is 2.47. The molecular weight excluding hydrogens is 205 g/mol. The number of nitrogens with zero attached hydrogens (tertiary/aromatic N) is 2. The standard InChI is InChI=1S/C7H2ClF3N2/c8-5-3(1-12)4(9)2-13-6(5)7(10)11/h2,7H. The van der Waals surface area contributed by atoms with Gasteiger partial charge in [-0.25, -0.2) is 13.2 Å². The Morgan fingerprint density at radius 1 is 1.54 bits per heavy atom. The van der Waals surface area contributed by atoms with Crippen LogP contribution in [0.5, 0.6) is 0 Å². The smallest absolute Gasteiger partial charge is 0.251 e. The van der Waals surface area contributed by atoms with Crippen molar-refractivity contribution in [3.63, 3.8) is 0 Å². The van der Waals surface area contributed by atoms with Crippen molar-refractivity contribution in [1.82, 2.24) is 4.98 Å². The van der Waals surface area contributed by atoms with Crippen molar-refractivity contribution in [2.45, 2.75) is 6.43 Å². The molecule has 0 atom stereocenters. The maximum atomic E-state index is 12.7. The number of pyridine rings is 1. The summed E-state index contributed by atoms with van der Waals surface area (Å²) in [5.74, 6) is -1.00. The highest BCUT2D eigenvalue weighted by Crippen LogP contribution is 2.28. The van der Waals surface area contributed by atoms with Gasteiger partial charge in [-0.3, -0.25) is 4.98 Å². The first-order chi connectivity index (χ1) is 6.07. The van der Waals surface area contributed by atoms with E-state index in [0.29, 0.717) is 6.20 Å². The summed E-state index contributed by atoms with van der Waals surface area (Å²) in [5.41, 5.74) is -1.38. The lowest BCUT2D eigenvalue weighted by molar-refractivity contribution is 0.146. The van der Waals surface area contributed by atoms with Gasteiger partial charge in [-0.15, -0.1) is 0 Å². The predicted molar refractivity (Wildman–Crippen MR) is 38.9 cm³/mol. The van der Waals surface area contributed by atoms with Crippen LogP contribution >= 0.6 is 11.6 Å². The van der Waals surface area contributed by atoms with Crippen LogP contribution in [0.4, 0.5) is 13.2 Å². The molecule has 0 aromatic carbocycles. The van der Waals surface area contributed by atoms with E-state index in [1.165, 1.54) is 6.07 Å². The van der Waals surface area contributed by atoms with Gasteiger partial charge in [0.15, 0.2) is 5.82 Å². The zero-order valence-electron chi connectivity index (χ0n) is 6.06. The third kappa shape index (κ3) is 1.73. The molecule has 0 saturated carbocycles. The van der Waals surface area contributed by atoms with Gasteiger partial charge in [-0.2, -0.15) is 5.26 Å². The number of rotatable bonds is 1. The Bertz CT molecular complexity index is 373. The van der Waals surface area contributed by atoms with E-state index in [2.05, 4.69) is 4.98 Å². The lowest BCUT2D eigenvalue weighted by atomic mass is 10.2. The molecule has 0 unspecified atom stereocenters. The predicted octanol–water partition coefficient (Wildman–Crippen LogP) is 2.68. The van der Waals surface area contributed by atoms with Crippen LogP contribution < -0.4 is 0 Å². The molecule has 0 fully saturated rings. The largest absolute Gasteiger partial charge is 0.281 e. The van der Waals surface area contributed by atoms with E-state index in [4.69, 9.17) is 16.9 Å². The third-order valence-electron chi connectivity index (χ3n) is 1.32. The zero-order valence-corrected chi connectivity index (χ0v) is 6.82. The van der Waals surface area contributed by atoms with E-state index >= 15 is 0 Å². The molecule has 0 bridgehead atoms. The average molecular weight is 207 g/mol. The highest BCUT2D eigenvalue weighted by molar-refractivity contribution is 6.32. The summed E-state index contributed by atoms with van der Waals surface area (Å²) in [7, 11) is 0. The normalized spacial score (nSPS) is 10.2. The Balaban J connectivity index is 3.38. The van der Waals surface area contributed by atoms with Crippen LogP contribution in [0.2, 0.25) is 5.02 Å². The van der Waals surface area contributed by atoms with Crippen LogP contribution in [0, 0.1) is 17.1 Å². The first-order valence-corrected chi connectivity index (χ1v) is 3.48. The van der Waals surface area contributed by atoms with Crippen LogP contribution in [-0.2, 0) is 0 Å². The fourth-order valence-electron chi connectivity index (χ4n) is 0.735. The topological polar surface area (TPSA) is 36.7 Å². The third-order valence-corrected chi connectivity index (χ3v) is 1.70. The number of hydrogen-bond acceptors (Lipinski definition) is 2. The van der Waals surface area contributed by atoms with Gasteiger partial charge >= 0.3 is 0 Å². The van der Waals surface area contributed by atoms with Crippen LogP contribution in [0.3, 0.4) is 0 Å². The van der Waals surface area contributed by atoms with Gasteiger partial charge in [-0.05, 0) is 0 Å². The van der Waals surface area contributed by atoms with Gasteiger partial charge in [0.1, 0.15) is 17.3 Å². The van der Waals surface area contributed by atoms with Crippen LogP contribution in [0.1, 0.15) is 17.7 Å².